The van der Waals surface area contributed by atoms with Crippen LogP contribution in [-0.4, -0.2) is 30.4 Å². The van der Waals surface area contributed by atoms with Crippen LogP contribution in [0, 0.1) is 11.8 Å². The average Bonchev–Trinajstić information content (AvgIpc) is 2.87. The Morgan fingerprint density at radius 1 is 1.39 bits per heavy atom. The summed E-state index contributed by atoms with van der Waals surface area (Å²) in [6.07, 6.45) is 1.15. The number of rotatable bonds is 4. The van der Waals surface area contributed by atoms with Crippen molar-refractivity contribution >= 4 is 11.6 Å². The summed E-state index contributed by atoms with van der Waals surface area (Å²) in [7, 11) is 0. The van der Waals surface area contributed by atoms with Crippen molar-refractivity contribution in [1.82, 2.24) is 4.90 Å². The topological polar surface area (TPSA) is 32.3 Å². The molecule has 0 aromatic heterocycles. The van der Waals surface area contributed by atoms with Crippen LogP contribution in [0.25, 0.3) is 0 Å². The molecule has 3 nitrogen and oxygen atoms in total. The highest BCUT2D eigenvalue weighted by Gasteiger charge is 2.27. The Bertz CT molecular complexity index is 389. The van der Waals surface area contributed by atoms with Gasteiger partial charge in [0.2, 0.25) is 5.91 Å². The van der Waals surface area contributed by atoms with Crippen LogP contribution < -0.4 is 5.32 Å². The quantitative estimate of drug-likeness (QED) is 0.885. The summed E-state index contributed by atoms with van der Waals surface area (Å²) in [4.78, 5) is 14.0. The van der Waals surface area contributed by atoms with Gasteiger partial charge < -0.3 is 10.2 Å². The molecule has 1 unspecified atom stereocenters. The SMILES string of the molecule is CC(C)C1CCN(C(=O)CNc2ccccc2)C1. The van der Waals surface area contributed by atoms with Crippen LogP contribution in [0.3, 0.4) is 0 Å². The predicted octanol–water partition coefficient (Wildman–Crippen LogP) is 2.60. The lowest BCUT2D eigenvalue weighted by molar-refractivity contribution is -0.128. The minimum atomic E-state index is 0.210. The molecule has 0 spiro atoms. The van der Waals surface area contributed by atoms with Crippen LogP contribution in [0.1, 0.15) is 20.3 Å². The maximum atomic E-state index is 12.1. The summed E-state index contributed by atoms with van der Waals surface area (Å²) in [5.41, 5.74) is 1.01. The molecule has 3 heteroatoms. The van der Waals surface area contributed by atoms with Crippen molar-refractivity contribution in [2.24, 2.45) is 11.8 Å². The first-order valence-corrected chi connectivity index (χ1v) is 6.73. The molecule has 1 aliphatic heterocycles. The third kappa shape index (κ3) is 3.25. The van der Waals surface area contributed by atoms with Crippen molar-refractivity contribution in [1.29, 1.82) is 0 Å². The number of hydrogen-bond acceptors (Lipinski definition) is 2. The van der Waals surface area contributed by atoms with Crippen molar-refractivity contribution in [2.45, 2.75) is 20.3 Å². The Kier molecular flexibility index (Phi) is 4.24. The molecular formula is C15H22N2O. The van der Waals surface area contributed by atoms with Crippen molar-refractivity contribution in [3.63, 3.8) is 0 Å². The van der Waals surface area contributed by atoms with E-state index >= 15 is 0 Å². The highest BCUT2D eigenvalue weighted by atomic mass is 16.2. The number of nitrogens with one attached hydrogen (secondary N) is 1. The molecule has 0 bridgehead atoms. The Morgan fingerprint density at radius 2 is 2.11 bits per heavy atom. The number of carbonyl (C=O) groups excluding carboxylic acids is 1. The first-order chi connectivity index (χ1) is 8.66. The molecule has 0 aliphatic carbocycles. The molecular weight excluding hydrogens is 224 g/mol. The third-order valence-electron chi connectivity index (χ3n) is 3.74. The van der Waals surface area contributed by atoms with E-state index in [1.165, 1.54) is 0 Å². The van der Waals surface area contributed by atoms with Crippen LogP contribution in [0.15, 0.2) is 30.3 Å². The summed E-state index contributed by atoms with van der Waals surface area (Å²) in [6.45, 7) is 6.71. The Labute approximate surface area is 109 Å². The van der Waals surface area contributed by atoms with Gasteiger partial charge in [-0.05, 0) is 30.4 Å². The van der Waals surface area contributed by atoms with E-state index < -0.39 is 0 Å². The molecule has 1 amide bonds. The molecule has 1 fully saturated rings. The lowest BCUT2D eigenvalue weighted by atomic mass is 9.95. The number of amides is 1. The number of anilines is 1. The van der Waals surface area contributed by atoms with Crippen molar-refractivity contribution in [2.75, 3.05) is 25.0 Å². The van der Waals surface area contributed by atoms with Gasteiger partial charge in [-0.3, -0.25) is 4.79 Å². The Balaban J connectivity index is 1.79. The lowest BCUT2D eigenvalue weighted by Crippen LogP contribution is -2.34. The van der Waals surface area contributed by atoms with E-state index in [-0.39, 0.29) is 5.91 Å². The third-order valence-corrected chi connectivity index (χ3v) is 3.74. The van der Waals surface area contributed by atoms with Gasteiger partial charge in [-0.25, -0.2) is 0 Å². The monoisotopic (exact) mass is 246 g/mol. The van der Waals surface area contributed by atoms with E-state index in [1.54, 1.807) is 0 Å². The number of benzene rings is 1. The molecule has 1 aromatic carbocycles. The Hall–Kier alpha value is -1.51. The lowest BCUT2D eigenvalue weighted by Gasteiger charge is -2.18. The van der Waals surface area contributed by atoms with Crippen LogP contribution >= 0.6 is 0 Å². The smallest absolute Gasteiger partial charge is 0.241 e. The highest BCUT2D eigenvalue weighted by Crippen LogP contribution is 2.23. The zero-order valence-electron chi connectivity index (χ0n) is 11.2. The molecule has 1 aromatic rings. The fourth-order valence-electron chi connectivity index (χ4n) is 2.40. The van der Waals surface area contributed by atoms with E-state index in [9.17, 15) is 4.79 Å². The summed E-state index contributed by atoms with van der Waals surface area (Å²) in [6, 6.07) is 9.87. The van der Waals surface area contributed by atoms with E-state index in [2.05, 4.69) is 19.2 Å². The number of carbonyl (C=O) groups is 1. The van der Waals surface area contributed by atoms with Gasteiger partial charge in [-0.1, -0.05) is 32.0 Å². The minimum absolute atomic E-state index is 0.210. The summed E-state index contributed by atoms with van der Waals surface area (Å²) in [5, 5.41) is 3.17. The van der Waals surface area contributed by atoms with Gasteiger partial charge in [0.25, 0.3) is 0 Å². The van der Waals surface area contributed by atoms with Gasteiger partial charge in [0.15, 0.2) is 0 Å². The predicted molar refractivity (Wildman–Crippen MR) is 74.5 cm³/mol. The zero-order valence-corrected chi connectivity index (χ0v) is 11.2. The van der Waals surface area contributed by atoms with Gasteiger partial charge in [-0.2, -0.15) is 0 Å². The van der Waals surface area contributed by atoms with Crippen LogP contribution in [0.5, 0.6) is 0 Å². The van der Waals surface area contributed by atoms with E-state index in [0.29, 0.717) is 18.4 Å². The summed E-state index contributed by atoms with van der Waals surface area (Å²) in [5.74, 6) is 1.55. The normalized spacial score (nSPS) is 19.3. The molecule has 1 heterocycles. The molecule has 0 radical (unpaired) electrons. The molecule has 2 rings (SSSR count). The highest BCUT2D eigenvalue weighted by molar-refractivity contribution is 5.81. The van der Waals surface area contributed by atoms with Crippen molar-refractivity contribution in [3.05, 3.63) is 30.3 Å². The number of likely N-dealkylation sites (tertiary alicyclic amines) is 1. The molecule has 98 valence electrons. The standard InChI is InChI=1S/C15H22N2O/c1-12(2)13-8-9-17(11-13)15(18)10-16-14-6-4-3-5-7-14/h3-7,12-13,16H,8-11H2,1-2H3. The maximum Gasteiger partial charge on any atom is 0.241 e. The number of hydrogen-bond donors (Lipinski definition) is 1. The minimum Gasteiger partial charge on any atom is -0.376 e. The molecule has 1 atom stereocenters. The van der Waals surface area contributed by atoms with Gasteiger partial charge in [0.05, 0.1) is 6.54 Å². The fraction of sp³-hybridized carbons (Fsp3) is 0.533. The van der Waals surface area contributed by atoms with Gasteiger partial charge in [-0.15, -0.1) is 0 Å². The first kappa shape index (κ1) is 12.9. The second kappa shape index (κ2) is 5.89. The van der Waals surface area contributed by atoms with Crippen LogP contribution in [0.2, 0.25) is 0 Å². The zero-order chi connectivity index (χ0) is 13.0. The average molecular weight is 246 g/mol. The second-order valence-corrected chi connectivity index (χ2v) is 5.35. The number of nitrogens with zero attached hydrogens (tertiary/aromatic N) is 1. The second-order valence-electron chi connectivity index (χ2n) is 5.35. The molecule has 1 N–H and O–H groups in total. The van der Waals surface area contributed by atoms with Gasteiger partial charge in [0, 0.05) is 18.8 Å². The largest absolute Gasteiger partial charge is 0.376 e. The summed E-state index contributed by atoms with van der Waals surface area (Å²) < 4.78 is 0. The fourth-order valence-corrected chi connectivity index (χ4v) is 2.40. The van der Waals surface area contributed by atoms with Crippen molar-refractivity contribution in [3.8, 4) is 0 Å². The first-order valence-electron chi connectivity index (χ1n) is 6.73. The molecule has 1 saturated heterocycles. The van der Waals surface area contributed by atoms with Crippen molar-refractivity contribution < 1.29 is 4.79 Å². The molecule has 0 saturated carbocycles. The van der Waals surface area contributed by atoms with Crippen LogP contribution in [0.4, 0.5) is 5.69 Å². The number of para-hydroxylation sites is 1. The van der Waals surface area contributed by atoms with Gasteiger partial charge in [0.1, 0.15) is 0 Å². The maximum absolute atomic E-state index is 12.1. The van der Waals surface area contributed by atoms with Crippen LogP contribution in [-0.2, 0) is 4.79 Å². The summed E-state index contributed by atoms with van der Waals surface area (Å²) >= 11 is 0. The molecule has 1 aliphatic rings. The molecule has 18 heavy (non-hydrogen) atoms. The van der Waals surface area contributed by atoms with Gasteiger partial charge >= 0.3 is 0 Å². The van der Waals surface area contributed by atoms with E-state index in [4.69, 9.17) is 0 Å². The van der Waals surface area contributed by atoms with E-state index in [0.717, 1.165) is 25.2 Å². The van der Waals surface area contributed by atoms with E-state index in [1.807, 2.05) is 35.2 Å². The Morgan fingerprint density at radius 3 is 2.72 bits per heavy atom.